The number of fused-ring (bicyclic) bond motifs is 2. The van der Waals surface area contributed by atoms with Crippen molar-refractivity contribution in [1.29, 1.82) is 0 Å². The van der Waals surface area contributed by atoms with Gasteiger partial charge >= 0.3 is 0 Å². The number of methoxy groups -OCH3 is 1. The third kappa shape index (κ3) is 4.20. The second-order valence-electron chi connectivity index (χ2n) is 8.37. The lowest BCUT2D eigenvalue weighted by molar-refractivity contribution is 0.0747. The molecule has 5 heteroatoms. The fourth-order valence-electron chi connectivity index (χ4n) is 4.45. The Kier molecular flexibility index (Phi) is 5.91. The molecule has 170 valence electrons. The second kappa shape index (κ2) is 9.32. The summed E-state index contributed by atoms with van der Waals surface area (Å²) in [6, 6.07) is 26.9. The number of ether oxygens (including phenoxy) is 1. The van der Waals surface area contributed by atoms with Gasteiger partial charge in [0.1, 0.15) is 11.5 Å². The highest BCUT2D eigenvalue weighted by molar-refractivity contribution is 6.09. The SMILES string of the molecule is COc1ccc(CCN(Cc2c[nH]c3ccccc23)C(=O)c2cccc3cccc(O)c23)cc1. The first-order chi connectivity index (χ1) is 16.6. The van der Waals surface area contributed by atoms with Crippen LogP contribution in [0.3, 0.4) is 0 Å². The molecule has 2 N–H and O–H groups in total. The van der Waals surface area contributed by atoms with E-state index in [0.29, 0.717) is 30.5 Å². The lowest BCUT2D eigenvalue weighted by atomic mass is 10.0. The fraction of sp³-hybridized carbons (Fsp3) is 0.138. The lowest BCUT2D eigenvalue weighted by Gasteiger charge is -2.24. The molecule has 1 amide bonds. The first-order valence-corrected chi connectivity index (χ1v) is 11.3. The molecule has 34 heavy (non-hydrogen) atoms. The molecule has 1 aromatic heterocycles. The third-order valence-corrected chi connectivity index (χ3v) is 6.27. The minimum atomic E-state index is -0.106. The maximum absolute atomic E-state index is 13.9. The van der Waals surface area contributed by atoms with Gasteiger partial charge in [-0.05, 0) is 53.3 Å². The number of para-hydroxylation sites is 1. The van der Waals surface area contributed by atoms with Crippen LogP contribution in [0.2, 0.25) is 0 Å². The predicted molar refractivity (Wildman–Crippen MR) is 135 cm³/mol. The van der Waals surface area contributed by atoms with E-state index in [1.54, 1.807) is 25.3 Å². The average Bonchev–Trinajstić information content (AvgIpc) is 3.29. The summed E-state index contributed by atoms with van der Waals surface area (Å²) < 4.78 is 5.26. The molecule has 0 saturated heterocycles. The van der Waals surface area contributed by atoms with Crippen LogP contribution in [0.25, 0.3) is 21.7 Å². The first kappa shape index (κ1) is 21.6. The Morgan fingerprint density at radius 1 is 0.941 bits per heavy atom. The molecule has 1 heterocycles. The van der Waals surface area contributed by atoms with Gasteiger partial charge in [-0.2, -0.15) is 0 Å². The van der Waals surface area contributed by atoms with Gasteiger partial charge in [-0.25, -0.2) is 0 Å². The number of nitrogens with one attached hydrogen (secondary N) is 1. The van der Waals surface area contributed by atoms with Gasteiger partial charge in [-0.3, -0.25) is 4.79 Å². The van der Waals surface area contributed by atoms with E-state index in [2.05, 4.69) is 11.1 Å². The summed E-state index contributed by atoms with van der Waals surface area (Å²) in [5.74, 6) is 0.816. The monoisotopic (exact) mass is 450 g/mol. The molecule has 4 aromatic carbocycles. The smallest absolute Gasteiger partial charge is 0.254 e. The van der Waals surface area contributed by atoms with Crippen LogP contribution in [0.4, 0.5) is 0 Å². The Morgan fingerprint density at radius 2 is 1.71 bits per heavy atom. The summed E-state index contributed by atoms with van der Waals surface area (Å²) in [4.78, 5) is 19.0. The van der Waals surface area contributed by atoms with Crippen molar-refractivity contribution in [3.63, 3.8) is 0 Å². The minimum Gasteiger partial charge on any atom is -0.507 e. The van der Waals surface area contributed by atoms with Crippen molar-refractivity contribution in [2.75, 3.05) is 13.7 Å². The maximum Gasteiger partial charge on any atom is 0.254 e. The number of benzene rings is 4. The van der Waals surface area contributed by atoms with Gasteiger partial charge in [0.25, 0.3) is 5.91 Å². The van der Waals surface area contributed by atoms with E-state index in [4.69, 9.17) is 4.74 Å². The number of rotatable bonds is 7. The van der Waals surface area contributed by atoms with Crippen LogP contribution >= 0.6 is 0 Å². The number of phenols is 1. The van der Waals surface area contributed by atoms with Crippen molar-refractivity contribution in [3.8, 4) is 11.5 Å². The summed E-state index contributed by atoms with van der Waals surface area (Å²) in [6.45, 7) is 0.998. The second-order valence-corrected chi connectivity index (χ2v) is 8.37. The van der Waals surface area contributed by atoms with Crippen LogP contribution in [0.15, 0.2) is 91.1 Å². The molecular formula is C29H26N2O3. The molecule has 0 bridgehead atoms. The highest BCUT2D eigenvalue weighted by Gasteiger charge is 2.21. The molecular weight excluding hydrogens is 424 g/mol. The molecule has 5 aromatic rings. The fourth-order valence-corrected chi connectivity index (χ4v) is 4.45. The van der Waals surface area contributed by atoms with E-state index in [-0.39, 0.29) is 11.7 Å². The zero-order valence-corrected chi connectivity index (χ0v) is 19.0. The Bertz CT molecular complexity index is 1450. The van der Waals surface area contributed by atoms with Crippen LogP contribution < -0.4 is 4.74 Å². The van der Waals surface area contributed by atoms with Gasteiger partial charge in [0.05, 0.1) is 12.7 Å². The molecule has 5 rings (SSSR count). The molecule has 0 fully saturated rings. The number of hydrogen-bond acceptors (Lipinski definition) is 3. The first-order valence-electron chi connectivity index (χ1n) is 11.3. The van der Waals surface area contributed by atoms with Crippen molar-refractivity contribution in [1.82, 2.24) is 9.88 Å². The number of aromatic amines is 1. The number of phenolic OH excluding ortho intramolecular Hbond substituents is 1. The topological polar surface area (TPSA) is 65.6 Å². The number of H-pyrrole nitrogens is 1. The van der Waals surface area contributed by atoms with Gasteiger partial charge in [-0.15, -0.1) is 0 Å². The zero-order valence-electron chi connectivity index (χ0n) is 19.0. The molecule has 0 radical (unpaired) electrons. The van der Waals surface area contributed by atoms with Gasteiger partial charge in [0.15, 0.2) is 0 Å². The predicted octanol–water partition coefficient (Wildman–Crippen LogP) is 5.92. The van der Waals surface area contributed by atoms with Crippen LogP contribution in [-0.4, -0.2) is 34.6 Å². The number of hydrogen-bond donors (Lipinski definition) is 2. The van der Waals surface area contributed by atoms with E-state index in [1.165, 1.54) is 0 Å². The van der Waals surface area contributed by atoms with Crippen molar-refractivity contribution in [2.24, 2.45) is 0 Å². The summed E-state index contributed by atoms with van der Waals surface area (Å²) in [5, 5.41) is 13.1. The number of nitrogens with zero attached hydrogens (tertiary/aromatic N) is 1. The Labute approximate surface area is 198 Å². The number of aromatic nitrogens is 1. The van der Waals surface area contributed by atoms with E-state index in [1.807, 2.05) is 71.8 Å². The molecule has 0 saturated carbocycles. The molecule has 0 aliphatic heterocycles. The third-order valence-electron chi connectivity index (χ3n) is 6.27. The number of aromatic hydroxyl groups is 1. The van der Waals surface area contributed by atoms with Crippen molar-refractivity contribution < 1.29 is 14.6 Å². The van der Waals surface area contributed by atoms with Gasteiger partial charge in [-0.1, -0.05) is 54.6 Å². The van der Waals surface area contributed by atoms with Crippen LogP contribution in [-0.2, 0) is 13.0 Å². The lowest BCUT2D eigenvalue weighted by Crippen LogP contribution is -2.32. The zero-order chi connectivity index (χ0) is 23.5. The van der Waals surface area contributed by atoms with Crippen LogP contribution in [0.1, 0.15) is 21.5 Å². The summed E-state index contributed by atoms with van der Waals surface area (Å²) >= 11 is 0. The Hall–Kier alpha value is -4.25. The highest BCUT2D eigenvalue weighted by Crippen LogP contribution is 2.30. The van der Waals surface area contributed by atoms with Gasteiger partial charge < -0.3 is 19.7 Å². The molecule has 0 spiro atoms. The van der Waals surface area contributed by atoms with Crippen LogP contribution in [0.5, 0.6) is 11.5 Å². The normalized spacial score (nSPS) is 11.1. The van der Waals surface area contributed by atoms with Gasteiger partial charge in [0.2, 0.25) is 0 Å². The molecule has 5 nitrogen and oxygen atoms in total. The summed E-state index contributed by atoms with van der Waals surface area (Å²) in [5.41, 5.74) is 3.73. The standard InChI is InChI=1S/C29H26N2O3/c1-34-23-14-12-20(13-15-23)16-17-31(19-22-18-30-26-10-3-2-8-24(22)26)29(33)25-9-4-6-21-7-5-11-27(32)28(21)25/h2-15,18,30,32H,16-17,19H2,1H3. The van der Waals surface area contributed by atoms with E-state index >= 15 is 0 Å². The van der Waals surface area contributed by atoms with Crippen LogP contribution in [0, 0.1) is 0 Å². The quantitative estimate of drug-likeness (QED) is 0.323. The number of carbonyl (C=O) groups excluding carboxylic acids is 1. The largest absolute Gasteiger partial charge is 0.507 e. The van der Waals surface area contributed by atoms with Crippen molar-refractivity contribution >= 4 is 27.6 Å². The summed E-state index contributed by atoms with van der Waals surface area (Å²) in [6.07, 6.45) is 2.67. The Balaban J connectivity index is 1.50. The molecule has 0 aliphatic rings. The number of amides is 1. The molecule has 0 unspecified atom stereocenters. The maximum atomic E-state index is 13.9. The van der Waals surface area contributed by atoms with Crippen molar-refractivity contribution in [3.05, 3.63) is 108 Å². The average molecular weight is 451 g/mol. The number of carbonyl (C=O) groups is 1. The summed E-state index contributed by atoms with van der Waals surface area (Å²) in [7, 11) is 1.65. The molecule has 0 aliphatic carbocycles. The Morgan fingerprint density at radius 3 is 2.50 bits per heavy atom. The van der Waals surface area contributed by atoms with E-state index < -0.39 is 0 Å². The highest BCUT2D eigenvalue weighted by atomic mass is 16.5. The van der Waals surface area contributed by atoms with Gasteiger partial charge in [0, 0.05) is 35.6 Å². The van der Waals surface area contributed by atoms with Crippen molar-refractivity contribution in [2.45, 2.75) is 13.0 Å². The van der Waals surface area contributed by atoms with E-state index in [9.17, 15) is 9.90 Å². The minimum absolute atomic E-state index is 0.106. The molecule has 0 atom stereocenters. The van der Waals surface area contributed by atoms with E-state index in [0.717, 1.165) is 33.2 Å².